The maximum absolute atomic E-state index is 13.9. The van der Waals surface area contributed by atoms with Crippen molar-refractivity contribution in [3.05, 3.63) is 96.6 Å². The molecule has 0 saturated carbocycles. The first-order valence-corrected chi connectivity index (χ1v) is 13.3. The third-order valence-electron chi connectivity index (χ3n) is 5.47. The fourth-order valence-electron chi connectivity index (χ4n) is 4.02. The van der Waals surface area contributed by atoms with Gasteiger partial charge in [-0.3, -0.25) is 9.59 Å². The summed E-state index contributed by atoms with van der Waals surface area (Å²) >= 11 is 0. The van der Waals surface area contributed by atoms with Crippen LogP contribution in [0, 0.1) is 5.92 Å². The van der Waals surface area contributed by atoms with Gasteiger partial charge in [-0.05, 0) is 43.7 Å². The molecule has 8 heteroatoms. The molecule has 1 unspecified atom stereocenters. The minimum Gasteiger partial charge on any atom is -0.299 e. The Balaban J connectivity index is 2.42. The second kappa shape index (κ2) is 9.80. The summed E-state index contributed by atoms with van der Waals surface area (Å²) in [6.07, 6.45) is 0. The third-order valence-corrected chi connectivity index (χ3v) is 10.7. The van der Waals surface area contributed by atoms with Crippen molar-refractivity contribution in [2.75, 3.05) is 0 Å². The van der Waals surface area contributed by atoms with E-state index >= 15 is 0 Å². The molecule has 0 saturated heterocycles. The van der Waals surface area contributed by atoms with Crippen LogP contribution < -0.4 is 0 Å². The average molecular weight is 485 g/mol. The summed E-state index contributed by atoms with van der Waals surface area (Å²) in [5, 5.41) is 0. The van der Waals surface area contributed by atoms with Gasteiger partial charge in [0.1, 0.15) is 11.6 Å². The number of carbonyl (C=O) groups is 2. The minimum absolute atomic E-state index is 0.207. The van der Waals surface area contributed by atoms with Crippen LogP contribution in [0.25, 0.3) is 0 Å². The van der Waals surface area contributed by atoms with Crippen molar-refractivity contribution in [2.45, 2.75) is 34.1 Å². The maximum Gasteiger partial charge on any atom is 0.196 e. The second-order valence-corrected chi connectivity index (χ2v) is 12.2. The molecule has 6 nitrogen and oxygen atoms in total. The van der Waals surface area contributed by atoms with Crippen molar-refractivity contribution >= 4 is 31.2 Å². The lowest BCUT2D eigenvalue weighted by Crippen LogP contribution is -2.43. The molecule has 0 aliphatic heterocycles. The Labute approximate surface area is 194 Å². The molecular weight excluding hydrogens is 460 g/mol. The highest BCUT2D eigenvalue weighted by molar-refractivity contribution is 8.09. The van der Waals surface area contributed by atoms with E-state index in [1.54, 1.807) is 30.3 Å². The highest BCUT2D eigenvalue weighted by Crippen LogP contribution is 2.41. The molecule has 3 aromatic rings. The molecule has 0 bridgehead atoms. The number of hydrogen-bond acceptors (Lipinski definition) is 6. The lowest BCUT2D eigenvalue weighted by molar-refractivity contribution is -0.131. The van der Waals surface area contributed by atoms with E-state index in [4.69, 9.17) is 0 Å². The molecule has 3 rings (SSSR count). The number of carbonyl (C=O) groups excluding carboxylic acids is 2. The summed E-state index contributed by atoms with van der Waals surface area (Å²) in [5.41, 5.74) is 0.275. The smallest absolute Gasteiger partial charge is 0.196 e. The lowest BCUT2D eigenvalue weighted by Gasteiger charge is -2.31. The highest BCUT2D eigenvalue weighted by atomic mass is 32.3. The Morgan fingerprint density at radius 2 is 0.909 bits per heavy atom. The van der Waals surface area contributed by atoms with E-state index in [9.17, 15) is 26.4 Å². The summed E-state index contributed by atoms with van der Waals surface area (Å²) in [6, 6.07) is 22.4. The summed E-state index contributed by atoms with van der Waals surface area (Å²) in [4.78, 5) is 24.8. The molecule has 0 amide bonds. The van der Waals surface area contributed by atoms with Crippen LogP contribution in [0.5, 0.6) is 0 Å². The van der Waals surface area contributed by atoms with E-state index < -0.39 is 47.7 Å². The fourth-order valence-corrected chi connectivity index (χ4v) is 9.03. The van der Waals surface area contributed by atoms with Gasteiger partial charge in [-0.25, -0.2) is 16.8 Å². The van der Waals surface area contributed by atoms with Crippen molar-refractivity contribution in [1.82, 2.24) is 0 Å². The predicted octanol–water partition coefficient (Wildman–Crippen LogP) is 3.84. The van der Waals surface area contributed by atoms with E-state index in [-0.39, 0.29) is 15.4 Å². The normalized spacial score (nSPS) is 13.1. The molecule has 172 valence electrons. The monoisotopic (exact) mass is 484 g/mol. The zero-order valence-corrected chi connectivity index (χ0v) is 19.8. The number of benzene rings is 3. The van der Waals surface area contributed by atoms with Crippen LogP contribution in [-0.4, -0.2) is 33.0 Å². The summed E-state index contributed by atoms with van der Waals surface area (Å²) in [7, 11) is -9.12. The third kappa shape index (κ3) is 4.96. The zero-order chi connectivity index (χ0) is 24.2. The maximum atomic E-state index is 13.9. The van der Waals surface area contributed by atoms with E-state index in [0.29, 0.717) is 0 Å². The molecule has 0 aliphatic carbocycles. The molecule has 0 aliphatic rings. The van der Waals surface area contributed by atoms with E-state index in [2.05, 4.69) is 0 Å². The molecule has 0 spiro atoms. The standard InChI is InChI=1S/C25H24O6S2/c1-18(26)23(19(2)27)24(20-12-6-3-7-13-20)25(32(28,29)21-14-8-4-9-15-21)33(30,31)22-16-10-5-11-17-22/h3-17,23-25H,1-2H3. The van der Waals surface area contributed by atoms with Crippen molar-refractivity contribution in [3.8, 4) is 0 Å². The van der Waals surface area contributed by atoms with Gasteiger partial charge in [0.05, 0.1) is 15.7 Å². The predicted molar refractivity (Wildman–Crippen MR) is 125 cm³/mol. The Kier molecular flexibility index (Phi) is 7.29. The van der Waals surface area contributed by atoms with Crippen molar-refractivity contribution in [2.24, 2.45) is 5.92 Å². The van der Waals surface area contributed by atoms with Crippen molar-refractivity contribution < 1.29 is 26.4 Å². The largest absolute Gasteiger partial charge is 0.299 e. The van der Waals surface area contributed by atoms with Gasteiger partial charge >= 0.3 is 0 Å². The van der Waals surface area contributed by atoms with Crippen LogP contribution in [0.15, 0.2) is 101 Å². The van der Waals surface area contributed by atoms with Gasteiger partial charge in [0, 0.05) is 5.92 Å². The van der Waals surface area contributed by atoms with Gasteiger partial charge in [-0.2, -0.15) is 0 Å². The van der Waals surface area contributed by atoms with Crippen LogP contribution >= 0.6 is 0 Å². The van der Waals surface area contributed by atoms with Gasteiger partial charge in [-0.1, -0.05) is 66.7 Å². The topological polar surface area (TPSA) is 102 Å². The van der Waals surface area contributed by atoms with Gasteiger partial charge in [0.2, 0.25) is 0 Å². The molecule has 3 aromatic carbocycles. The first-order chi connectivity index (χ1) is 15.6. The van der Waals surface area contributed by atoms with Gasteiger partial charge in [0.15, 0.2) is 24.3 Å². The number of rotatable bonds is 9. The number of ketones is 2. The Morgan fingerprint density at radius 1 is 0.576 bits per heavy atom. The molecule has 33 heavy (non-hydrogen) atoms. The van der Waals surface area contributed by atoms with E-state index in [0.717, 1.165) is 0 Å². The summed E-state index contributed by atoms with van der Waals surface area (Å²) in [5.74, 6) is -4.12. The average Bonchev–Trinajstić information content (AvgIpc) is 2.79. The van der Waals surface area contributed by atoms with Crippen LogP contribution in [0.1, 0.15) is 25.3 Å². The van der Waals surface area contributed by atoms with Gasteiger partial charge in [-0.15, -0.1) is 0 Å². The van der Waals surface area contributed by atoms with Crippen LogP contribution in [-0.2, 0) is 29.3 Å². The number of sulfone groups is 2. The van der Waals surface area contributed by atoms with E-state index in [1.807, 2.05) is 0 Å². The Morgan fingerprint density at radius 3 is 1.24 bits per heavy atom. The summed E-state index contributed by atoms with van der Waals surface area (Å²) in [6.45, 7) is 2.34. The molecular formula is C25H24O6S2. The van der Waals surface area contributed by atoms with Crippen LogP contribution in [0.2, 0.25) is 0 Å². The highest BCUT2D eigenvalue weighted by Gasteiger charge is 2.51. The fraction of sp³-hybridized carbons (Fsp3) is 0.200. The Bertz CT molecular complexity index is 1250. The SMILES string of the molecule is CC(=O)C(C(C)=O)C(c1ccccc1)C(S(=O)(=O)c1ccccc1)S(=O)(=O)c1ccccc1. The quantitative estimate of drug-likeness (QED) is 0.428. The van der Waals surface area contributed by atoms with Crippen molar-refractivity contribution in [1.29, 1.82) is 0 Å². The molecule has 0 heterocycles. The molecule has 1 atom stereocenters. The number of Topliss-reactive ketones (excluding diaryl/α,β-unsaturated/α-hetero) is 2. The Hall–Kier alpha value is -3.10. The first kappa shape index (κ1) is 24.5. The number of hydrogen-bond donors (Lipinski definition) is 0. The molecule has 0 N–H and O–H groups in total. The lowest BCUT2D eigenvalue weighted by atomic mass is 9.82. The van der Waals surface area contributed by atoms with Gasteiger partial charge in [0.25, 0.3) is 0 Å². The van der Waals surface area contributed by atoms with E-state index in [1.165, 1.54) is 74.5 Å². The summed E-state index contributed by atoms with van der Waals surface area (Å²) < 4.78 is 53.6. The first-order valence-electron chi connectivity index (χ1n) is 10.2. The minimum atomic E-state index is -4.56. The van der Waals surface area contributed by atoms with Gasteiger partial charge < -0.3 is 0 Å². The van der Waals surface area contributed by atoms with Crippen LogP contribution in [0.3, 0.4) is 0 Å². The van der Waals surface area contributed by atoms with Crippen LogP contribution in [0.4, 0.5) is 0 Å². The second-order valence-electron chi connectivity index (χ2n) is 7.72. The molecule has 0 aromatic heterocycles. The molecule has 0 radical (unpaired) electrons. The van der Waals surface area contributed by atoms with Crippen molar-refractivity contribution in [3.63, 3.8) is 0 Å². The molecule has 0 fully saturated rings. The zero-order valence-electron chi connectivity index (χ0n) is 18.2.